The SMILES string of the molecule is CC(NCC1CCC(O)C1)c1ccc(C(C)(C)C)cc1. The van der Waals surface area contributed by atoms with E-state index in [1.807, 2.05) is 0 Å². The zero-order valence-electron chi connectivity index (χ0n) is 13.3. The molecule has 1 aliphatic rings. The van der Waals surface area contributed by atoms with Gasteiger partial charge in [-0.3, -0.25) is 0 Å². The fourth-order valence-electron chi connectivity index (χ4n) is 2.97. The van der Waals surface area contributed by atoms with E-state index in [1.54, 1.807) is 0 Å². The molecule has 1 fully saturated rings. The van der Waals surface area contributed by atoms with Crippen molar-refractivity contribution in [3.63, 3.8) is 0 Å². The van der Waals surface area contributed by atoms with Crippen molar-refractivity contribution >= 4 is 0 Å². The molecule has 1 aromatic rings. The van der Waals surface area contributed by atoms with Crippen molar-refractivity contribution in [2.75, 3.05) is 6.54 Å². The van der Waals surface area contributed by atoms with Gasteiger partial charge < -0.3 is 10.4 Å². The molecule has 2 N–H and O–H groups in total. The molecule has 0 saturated heterocycles. The largest absolute Gasteiger partial charge is 0.393 e. The molecule has 1 saturated carbocycles. The minimum absolute atomic E-state index is 0.0665. The van der Waals surface area contributed by atoms with Crippen molar-refractivity contribution in [3.05, 3.63) is 35.4 Å². The van der Waals surface area contributed by atoms with Gasteiger partial charge in [-0.25, -0.2) is 0 Å². The van der Waals surface area contributed by atoms with E-state index in [9.17, 15) is 5.11 Å². The minimum Gasteiger partial charge on any atom is -0.393 e. The predicted octanol–water partition coefficient (Wildman–Crippen LogP) is 3.80. The quantitative estimate of drug-likeness (QED) is 0.876. The van der Waals surface area contributed by atoms with E-state index in [0.717, 1.165) is 25.8 Å². The van der Waals surface area contributed by atoms with Crippen LogP contribution >= 0.6 is 0 Å². The van der Waals surface area contributed by atoms with E-state index < -0.39 is 0 Å². The molecule has 0 spiro atoms. The summed E-state index contributed by atoms with van der Waals surface area (Å²) in [6.45, 7) is 9.97. The maximum Gasteiger partial charge on any atom is 0.0543 e. The summed E-state index contributed by atoms with van der Waals surface area (Å²) in [5, 5.41) is 13.2. The average Bonchev–Trinajstić information content (AvgIpc) is 2.81. The van der Waals surface area contributed by atoms with Gasteiger partial charge in [-0.15, -0.1) is 0 Å². The molecule has 2 heteroatoms. The summed E-state index contributed by atoms with van der Waals surface area (Å²) in [5.41, 5.74) is 2.94. The molecule has 20 heavy (non-hydrogen) atoms. The van der Waals surface area contributed by atoms with Crippen LogP contribution in [0.1, 0.15) is 64.1 Å². The summed E-state index contributed by atoms with van der Waals surface area (Å²) in [6, 6.07) is 9.34. The highest BCUT2D eigenvalue weighted by Crippen LogP contribution is 2.26. The molecule has 0 aliphatic heterocycles. The Bertz CT molecular complexity index is 418. The van der Waals surface area contributed by atoms with E-state index >= 15 is 0 Å². The van der Waals surface area contributed by atoms with Crippen molar-refractivity contribution in [3.8, 4) is 0 Å². The van der Waals surface area contributed by atoms with Gasteiger partial charge in [0.05, 0.1) is 6.10 Å². The van der Waals surface area contributed by atoms with Gasteiger partial charge in [-0.2, -0.15) is 0 Å². The molecule has 0 aromatic heterocycles. The number of aliphatic hydroxyl groups is 1. The number of aliphatic hydroxyl groups excluding tert-OH is 1. The van der Waals surface area contributed by atoms with Crippen molar-refractivity contribution in [2.24, 2.45) is 5.92 Å². The molecule has 3 atom stereocenters. The molecule has 2 rings (SSSR count). The highest BCUT2D eigenvalue weighted by atomic mass is 16.3. The summed E-state index contributed by atoms with van der Waals surface area (Å²) in [5.74, 6) is 0.640. The first-order chi connectivity index (χ1) is 9.36. The Morgan fingerprint density at radius 3 is 2.35 bits per heavy atom. The third kappa shape index (κ3) is 4.07. The first-order valence-electron chi connectivity index (χ1n) is 7.88. The van der Waals surface area contributed by atoms with E-state index in [1.165, 1.54) is 11.1 Å². The highest BCUT2D eigenvalue weighted by molar-refractivity contribution is 5.29. The molecule has 3 unspecified atom stereocenters. The Labute approximate surface area is 123 Å². The standard InChI is InChI=1S/C18H29NO/c1-13(19-12-14-5-10-17(20)11-14)15-6-8-16(9-7-15)18(2,3)4/h6-9,13-14,17,19-20H,5,10-12H2,1-4H3. The second-order valence-electron chi connectivity index (χ2n) is 7.33. The third-order valence-electron chi connectivity index (χ3n) is 4.50. The highest BCUT2D eigenvalue weighted by Gasteiger charge is 2.23. The van der Waals surface area contributed by atoms with Gasteiger partial charge in [0.1, 0.15) is 0 Å². The van der Waals surface area contributed by atoms with Crippen molar-refractivity contribution in [2.45, 2.75) is 64.5 Å². The summed E-state index contributed by atoms with van der Waals surface area (Å²) in [4.78, 5) is 0. The first-order valence-corrected chi connectivity index (χ1v) is 7.88. The summed E-state index contributed by atoms with van der Waals surface area (Å²) < 4.78 is 0. The molecule has 1 aromatic carbocycles. The second-order valence-corrected chi connectivity index (χ2v) is 7.33. The van der Waals surface area contributed by atoms with Gasteiger partial charge >= 0.3 is 0 Å². The molecular weight excluding hydrogens is 246 g/mol. The second kappa shape index (κ2) is 6.28. The average molecular weight is 275 g/mol. The first kappa shape index (κ1) is 15.5. The number of hydrogen-bond acceptors (Lipinski definition) is 2. The van der Waals surface area contributed by atoms with Gasteiger partial charge in [0, 0.05) is 6.04 Å². The van der Waals surface area contributed by atoms with Crippen LogP contribution in [-0.4, -0.2) is 17.8 Å². The Morgan fingerprint density at radius 1 is 1.20 bits per heavy atom. The zero-order valence-corrected chi connectivity index (χ0v) is 13.3. The number of hydrogen-bond donors (Lipinski definition) is 2. The summed E-state index contributed by atoms with van der Waals surface area (Å²) >= 11 is 0. The van der Waals surface area contributed by atoms with Gasteiger partial charge in [0.15, 0.2) is 0 Å². The molecule has 112 valence electrons. The topological polar surface area (TPSA) is 32.3 Å². The van der Waals surface area contributed by atoms with Crippen LogP contribution in [-0.2, 0) is 5.41 Å². The lowest BCUT2D eigenvalue weighted by molar-refractivity contribution is 0.177. The monoisotopic (exact) mass is 275 g/mol. The molecular formula is C18H29NO. The lowest BCUT2D eigenvalue weighted by atomic mass is 9.86. The zero-order chi connectivity index (χ0) is 14.8. The molecule has 0 radical (unpaired) electrons. The molecule has 0 amide bonds. The van der Waals surface area contributed by atoms with Crippen LogP contribution in [0.15, 0.2) is 24.3 Å². The van der Waals surface area contributed by atoms with E-state index in [0.29, 0.717) is 12.0 Å². The number of nitrogens with one attached hydrogen (secondary N) is 1. The Balaban J connectivity index is 1.87. The van der Waals surface area contributed by atoms with Crippen LogP contribution in [0.4, 0.5) is 0 Å². The normalized spacial score (nSPS) is 24.9. The van der Waals surface area contributed by atoms with Crippen LogP contribution in [0.5, 0.6) is 0 Å². The number of benzene rings is 1. The third-order valence-corrected chi connectivity index (χ3v) is 4.50. The van der Waals surface area contributed by atoms with E-state index in [2.05, 4.69) is 57.3 Å². The van der Waals surface area contributed by atoms with Crippen LogP contribution in [0.25, 0.3) is 0 Å². The fraction of sp³-hybridized carbons (Fsp3) is 0.667. The molecule has 0 bridgehead atoms. The lowest BCUT2D eigenvalue weighted by Gasteiger charge is -2.21. The Hall–Kier alpha value is -0.860. The Kier molecular flexibility index (Phi) is 4.87. The predicted molar refractivity (Wildman–Crippen MR) is 84.9 cm³/mol. The van der Waals surface area contributed by atoms with Crippen molar-refractivity contribution in [1.82, 2.24) is 5.32 Å². The minimum atomic E-state index is -0.0665. The maximum atomic E-state index is 9.56. The van der Waals surface area contributed by atoms with Crippen LogP contribution in [0.3, 0.4) is 0 Å². The van der Waals surface area contributed by atoms with E-state index in [4.69, 9.17) is 0 Å². The molecule has 2 nitrogen and oxygen atoms in total. The van der Waals surface area contributed by atoms with Crippen molar-refractivity contribution in [1.29, 1.82) is 0 Å². The summed E-state index contributed by atoms with van der Waals surface area (Å²) in [7, 11) is 0. The van der Waals surface area contributed by atoms with Crippen LogP contribution in [0, 0.1) is 5.92 Å². The smallest absolute Gasteiger partial charge is 0.0543 e. The van der Waals surface area contributed by atoms with Gasteiger partial charge in [0.25, 0.3) is 0 Å². The Morgan fingerprint density at radius 2 is 1.85 bits per heavy atom. The molecule has 0 heterocycles. The fourth-order valence-corrected chi connectivity index (χ4v) is 2.97. The lowest BCUT2D eigenvalue weighted by Crippen LogP contribution is -2.25. The van der Waals surface area contributed by atoms with Crippen LogP contribution in [0.2, 0.25) is 0 Å². The van der Waals surface area contributed by atoms with Crippen LogP contribution < -0.4 is 5.32 Å². The van der Waals surface area contributed by atoms with Gasteiger partial charge in [0.2, 0.25) is 0 Å². The van der Waals surface area contributed by atoms with Gasteiger partial charge in [-0.1, -0.05) is 45.0 Å². The number of rotatable bonds is 4. The molecule has 1 aliphatic carbocycles. The van der Waals surface area contributed by atoms with Crippen molar-refractivity contribution < 1.29 is 5.11 Å². The van der Waals surface area contributed by atoms with Gasteiger partial charge in [-0.05, 0) is 55.2 Å². The van der Waals surface area contributed by atoms with E-state index in [-0.39, 0.29) is 11.5 Å². The summed E-state index contributed by atoms with van der Waals surface area (Å²) in [6.07, 6.45) is 3.02. The maximum absolute atomic E-state index is 9.56.